The molecule has 9 heteroatoms. The molecule has 4 rings (SSSR count). The number of nitriles is 1. The number of aryl methyl sites for hydroxylation is 1. The molecule has 1 unspecified atom stereocenters. The fourth-order valence-corrected chi connectivity index (χ4v) is 4.57. The maximum atomic E-state index is 13.4. The Kier molecular flexibility index (Phi) is 4.95. The van der Waals surface area contributed by atoms with E-state index in [-0.39, 0.29) is 10.8 Å². The summed E-state index contributed by atoms with van der Waals surface area (Å²) in [7, 11) is 0. The van der Waals surface area contributed by atoms with Crippen molar-refractivity contribution in [3.05, 3.63) is 58.9 Å². The number of pyridine rings is 1. The van der Waals surface area contributed by atoms with E-state index in [2.05, 4.69) is 4.98 Å². The van der Waals surface area contributed by atoms with Crippen molar-refractivity contribution in [2.24, 2.45) is 0 Å². The molecule has 1 N–H and O–H groups in total. The van der Waals surface area contributed by atoms with E-state index in [0.717, 1.165) is 29.8 Å². The number of hydrogen-bond acceptors (Lipinski definition) is 4. The van der Waals surface area contributed by atoms with Gasteiger partial charge >= 0.3 is 6.18 Å². The molecule has 1 aliphatic heterocycles. The third-order valence-electron chi connectivity index (χ3n) is 5.94. The summed E-state index contributed by atoms with van der Waals surface area (Å²) in [5.74, 6) is 0. The van der Waals surface area contributed by atoms with Crippen molar-refractivity contribution in [3.63, 3.8) is 0 Å². The fraction of sp³-hybridized carbons (Fsp3) is 0.381. The first-order valence-corrected chi connectivity index (χ1v) is 9.90. The Balaban J connectivity index is 1.72. The summed E-state index contributed by atoms with van der Waals surface area (Å²) in [6.45, 7) is 2.43. The number of aromatic nitrogens is 1. The van der Waals surface area contributed by atoms with Gasteiger partial charge in [0.25, 0.3) is 0 Å². The average Bonchev–Trinajstić information content (AvgIpc) is 2.89. The van der Waals surface area contributed by atoms with Crippen LogP contribution in [-0.4, -0.2) is 31.9 Å². The van der Waals surface area contributed by atoms with Gasteiger partial charge in [-0.1, -0.05) is 29.8 Å². The molecule has 1 atom stereocenters. The molecule has 0 bridgehead atoms. The van der Waals surface area contributed by atoms with E-state index in [1.807, 2.05) is 36.1 Å². The molecule has 2 heterocycles. The third kappa shape index (κ3) is 3.20. The second kappa shape index (κ2) is 7.22. The molecule has 2 aromatic rings. The number of halogens is 3. The molecular formula is C21H19F3N4OS. The molecule has 1 saturated heterocycles. The standard InChI is InChI=1S/C21H19F3N4OS/c1-13-3-5-14(6-4-13)12-27-19(30)28(18(29)20(27)7-2-8-20)15-9-16(21(22,23)24)17(10-25)26-11-15/h3-6,9,11,18,29H,2,7-8,12H2,1H3. The van der Waals surface area contributed by atoms with Crippen molar-refractivity contribution >= 4 is 23.0 Å². The largest absolute Gasteiger partial charge is 0.419 e. The fourth-order valence-electron chi connectivity index (χ4n) is 4.12. The average molecular weight is 432 g/mol. The molecule has 0 radical (unpaired) electrons. The van der Waals surface area contributed by atoms with Gasteiger partial charge in [0.05, 0.1) is 23.0 Å². The van der Waals surface area contributed by atoms with Crippen LogP contribution in [0.4, 0.5) is 18.9 Å². The molecule has 1 aliphatic carbocycles. The molecule has 1 saturated carbocycles. The lowest BCUT2D eigenvalue weighted by Gasteiger charge is -2.47. The Morgan fingerprint density at radius 2 is 1.97 bits per heavy atom. The number of nitrogens with zero attached hydrogens (tertiary/aromatic N) is 4. The number of rotatable bonds is 3. The van der Waals surface area contributed by atoms with Gasteiger partial charge < -0.3 is 10.0 Å². The molecule has 1 spiro atoms. The molecule has 1 aromatic carbocycles. The van der Waals surface area contributed by atoms with Crippen molar-refractivity contribution < 1.29 is 18.3 Å². The summed E-state index contributed by atoms with van der Waals surface area (Å²) in [5.41, 5.74) is -0.355. The van der Waals surface area contributed by atoms with Crippen LogP contribution in [0, 0.1) is 18.3 Å². The second-order valence-electron chi connectivity index (χ2n) is 7.75. The molecule has 156 valence electrons. The highest BCUT2D eigenvalue weighted by Crippen LogP contribution is 2.49. The van der Waals surface area contributed by atoms with Crippen LogP contribution in [0.15, 0.2) is 36.5 Å². The minimum Gasteiger partial charge on any atom is -0.371 e. The Morgan fingerprint density at radius 1 is 1.30 bits per heavy atom. The zero-order valence-electron chi connectivity index (χ0n) is 16.1. The van der Waals surface area contributed by atoms with Crippen LogP contribution in [0.25, 0.3) is 0 Å². The smallest absolute Gasteiger partial charge is 0.371 e. The van der Waals surface area contributed by atoms with Gasteiger partial charge in [0.15, 0.2) is 17.0 Å². The summed E-state index contributed by atoms with van der Waals surface area (Å²) < 4.78 is 40.2. The lowest BCUT2D eigenvalue weighted by Crippen LogP contribution is -2.56. The van der Waals surface area contributed by atoms with E-state index in [1.165, 1.54) is 11.0 Å². The molecule has 0 amide bonds. The lowest BCUT2D eigenvalue weighted by molar-refractivity contribution is -0.138. The first-order chi connectivity index (χ1) is 14.2. The summed E-state index contributed by atoms with van der Waals surface area (Å²) in [6.07, 6.45) is -2.41. The van der Waals surface area contributed by atoms with E-state index in [9.17, 15) is 18.3 Å². The van der Waals surface area contributed by atoms with Gasteiger partial charge in [0, 0.05) is 6.54 Å². The van der Waals surface area contributed by atoms with E-state index in [0.29, 0.717) is 19.4 Å². The van der Waals surface area contributed by atoms with Gasteiger partial charge in [0.1, 0.15) is 6.07 Å². The van der Waals surface area contributed by atoms with Crippen molar-refractivity contribution in [1.29, 1.82) is 5.26 Å². The van der Waals surface area contributed by atoms with Gasteiger partial charge in [-0.25, -0.2) is 4.98 Å². The number of benzene rings is 1. The van der Waals surface area contributed by atoms with Crippen LogP contribution in [0.2, 0.25) is 0 Å². The van der Waals surface area contributed by atoms with Gasteiger partial charge in [0.2, 0.25) is 0 Å². The Bertz CT molecular complexity index is 1030. The van der Waals surface area contributed by atoms with Gasteiger partial charge in [-0.05, 0) is 50.0 Å². The number of alkyl halides is 3. The van der Waals surface area contributed by atoms with Crippen molar-refractivity contribution in [1.82, 2.24) is 9.88 Å². The van der Waals surface area contributed by atoms with Crippen LogP contribution < -0.4 is 4.90 Å². The van der Waals surface area contributed by atoms with Gasteiger partial charge in [-0.15, -0.1) is 0 Å². The van der Waals surface area contributed by atoms with Crippen LogP contribution >= 0.6 is 12.2 Å². The minimum absolute atomic E-state index is 0.0245. The SMILES string of the molecule is Cc1ccc(CN2C(=S)N(c3cnc(C#N)c(C(F)(F)F)c3)C(O)C23CCC3)cc1. The topological polar surface area (TPSA) is 63.4 Å². The van der Waals surface area contributed by atoms with Crippen molar-refractivity contribution in [2.75, 3.05) is 4.90 Å². The lowest BCUT2D eigenvalue weighted by atomic mass is 9.74. The highest BCUT2D eigenvalue weighted by Gasteiger charge is 2.58. The predicted molar refractivity (Wildman–Crippen MR) is 108 cm³/mol. The maximum absolute atomic E-state index is 13.4. The second-order valence-corrected chi connectivity index (χ2v) is 8.12. The minimum atomic E-state index is -4.74. The number of aliphatic hydroxyl groups excluding tert-OH is 1. The molecular weight excluding hydrogens is 413 g/mol. The summed E-state index contributed by atoms with van der Waals surface area (Å²) in [5, 5.41) is 20.4. The van der Waals surface area contributed by atoms with E-state index < -0.39 is 29.2 Å². The normalized spacial score (nSPS) is 20.4. The van der Waals surface area contributed by atoms with E-state index >= 15 is 0 Å². The molecule has 2 fully saturated rings. The monoisotopic (exact) mass is 432 g/mol. The molecule has 5 nitrogen and oxygen atoms in total. The van der Waals surface area contributed by atoms with Crippen molar-refractivity contribution in [3.8, 4) is 6.07 Å². The maximum Gasteiger partial charge on any atom is 0.419 e. The van der Waals surface area contributed by atoms with Gasteiger partial charge in [-0.2, -0.15) is 18.4 Å². The number of aliphatic hydroxyl groups is 1. The van der Waals surface area contributed by atoms with E-state index in [4.69, 9.17) is 17.5 Å². The quantitative estimate of drug-likeness (QED) is 0.736. The van der Waals surface area contributed by atoms with Crippen LogP contribution in [0.1, 0.15) is 41.6 Å². The third-order valence-corrected chi connectivity index (χ3v) is 6.36. The number of anilines is 1. The Hall–Kier alpha value is -2.70. The first-order valence-electron chi connectivity index (χ1n) is 9.49. The summed E-state index contributed by atoms with van der Waals surface area (Å²) >= 11 is 5.61. The molecule has 2 aliphatic rings. The number of hydrogen-bond donors (Lipinski definition) is 1. The molecule has 1 aromatic heterocycles. The van der Waals surface area contributed by atoms with Crippen LogP contribution in [0.3, 0.4) is 0 Å². The van der Waals surface area contributed by atoms with Gasteiger partial charge in [-0.3, -0.25) is 4.90 Å². The van der Waals surface area contributed by atoms with Crippen molar-refractivity contribution in [2.45, 2.75) is 50.7 Å². The zero-order valence-corrected chi connectivity index (χ0v) is 17.0. The predicted octanol–water partition coefficient (Wildman–Crippen LogP) is 4.13. The van der Waals surface area contributed by atoms with Crippen LogP contribution in [-0.2, 0) is 12.7 Å². The summed E-state index contributed by atoms with van der Waals surface area (Å²) in [4.78, 5) is 6.91. The Morgan fingerprint density at radius 3 is 2.50 bits per heavy atom. The molecule has 30 heavy (non-hydrogen) atoms. The highest BCUT2D eigenvalue weighted by atomic mass is 32.1. The highest BCUT2D eigenvalue weighted by molar-refractivity contribution is 7.80. The van der Waals surface area contributed by atoms with Crippen LogP contribution in [0.5, 0.6) is 0 Å². The first kappa shape index (κ1) is 20.6. The summed E-state index contributed by atoms with van der Waals surface area (Å²) in [6, 6.07) is 10.2. The van der Waals surface area contributed by atoms with E-state index in [1.54, 1.807) is 0 Å². The zero-order chi connectivity index (χ0) is 21.7. The Labute approximate surface area is 177 Å². The number of thiocarbonyl (C=S) groups is 1.